The van der Waals surface area contributed by atoms with E-state index in [0.29, 0.717) is 23.9 Å². The summed E-state index contributed by atoms with van der Waals surface area (Å²) >= 11 is 0. The number of hydrogen-bond acceptors (Lipinski definition) is 5. The number of nitrogens with zero attached hydrogens (tertiary/aromatic N) is 5. The predicted molar refractivity (Wildman–Crippen MR) is 114 cm³/mol. The number of nitrogens with one attached hydrogen (secondary N) is 1. The highest BCUT2D eigenvalue weighted by Crippen LogP contribution is 2.34. The molecule has 0 atom stereocenters. The number of rotatable bonds is 5. The van der Waals surface area contributed by atoms with Gasteiger partial charge in [0.1, 0.15) is 11.6 Å². The lowest BCUT2D eigenvalue weighted by molar-refractivity contribution is -0.137. The summed E-state index contributed by atoms with van der Waals surface area (Å²) in [6, 6.07) is 8.43. The first-order valence-corrected chi connectivity index (χ1v) is 10.1. The summed E-state index contributed by atoms with van der Waals surface area (Å²) in [6.45, 7) is 2.66. The van der Waals surface area contributed by atoms with Crippen LogP contribution < -0.4 is 0 Å². The van der Waals surface area contributed by atoms with Gasteiger partial charge in [0.2, 0.25) is 0 Å². The summed E-state index contributed by atoms with van der Waals surface area (Å²) in [5.41, 5.74) is 1.04. The van der Waals surface area contributed by atoms with Crippen molar-refractivity contribution >= 4 is 0 Å². The summed E-state index contributed by atoms with van der Waals surface area (Å²) in [7, 11) is 0. The summed E-state index contributed by atoms with van der Waals surface area (Å²) in [4.78, 5) is 4.21. The van der Waals surface area contributed by atoms with Crippen molar-refractivity contribution in [3.63, 3.8) is 0 Å². The maximum atomic E-state index is 13.4. The second-order valence-corrected chi connectivity index (χ2v) is 7.37. The quantitative estimate of drug-likeness (QED) is 0.444. The van der Waals surface area contributed by atoms with Crippen LogP contribution in [0, 0.1) is 18.8 Å². The minimum absolute atomic E-state index is 0.205. The van der Waals surface area contributed by atoms with Gasteiger partial charge in [-0.25, -0.2) is 10.1 Å². The van der Waals surface area contributed by atoms with E-state index in [1.54, 1.807) is 18.3 Å². The standard InChI is InChI=1S/C23H19F3N6O/c1-15-27-10-12-32(15)11-2-3-18-13-19(22-28-30-31-29-22)7-5-16(18)4-6-17-8-9-20(33)14-21(17)23(24,25)26/h5,7-10,12-14,33H,2-3,11H2,1H3,(H,28,29,30,31). The Balaban J connectivity index is 1.66. The third-order valence-electron chi connectivity index (χ3n) is 5.13. The Morgan fingerprint density at radius 3 is 2.58 bits per heavy atom. The van der Waals surface area contributed by atoms with E-state index in [1.807, 2.05) is 23.8 Å². The third-order valence-corrected chi connectivity index (χ3v) is 5.13. The fourth-order valence-electron chi connectivity index (χ4n) is 3.44. The molecule has 0 aliphatic heterocycles. The number of tetrazole rings is 1. The van der Waals surface area contributed by atoms with Crippen LogP contribution in [0.25, 0.3) is 11.4 Å². The van der Waals surface area contributed by atoms with Crippen LogP contribution in [0.2, 0.25) is 0 Å². The molecule has 0 radical (unpaired) electrons. The fraction of sp³-hybridized carbons (Fsp3) is 0.217. The molecule has 0 aliphatic rings. The minimum Gasteiger partial charge on any atom is -0.508 e. The number of benzene rings is 2. The molecular weight excluding hydrogens is 433 g/mol. The zero-order valence-corrected chi connectivity index (χ0v) is 17.6. The van der Waals surface area contributed by atoms with Crippen molar-refractivity contribution in [2.45, 2.75) is 32.5 Å². The Bertz CT molecular complexity index is 1320. The highest BCUT2D eigenvalue weighted by atomic mass is 19.4. The number of aryl methyl sites for hydroxylation is 3. The first-order chi connectivity index (χ1) is 15.8. The van der Waals surface area contributed by atoms with Crippen molar-refractivity contribution in [3.05, 3.63) is 76.9 Å². The number of imidazole rings is 1. The molecule has 7 nitrogen and oxygen atoms in total. The molecule has 168 valence electrons. The van der Waals surface area contributed by atoms with E-state index in [4.69, 9.17) is 0 Å². The van der Waals surface area contributed by atoms with E-state index in [2.05, 4.69) is 37.4 Å². The van der Waals surface area contributed by atoms with Crippen molar-refractivity contribution in [2.24, 2.45) is 0 Å². The van der Waals surface area contributed by atoms with Gasteiger partial charge in [-0.15, -0.1) is 5.10 Å². The van der Waals surface area contributed by atoms with Gasteiger partial charge in [0.15, 0.2) is 5.82 Å². The van der Waals surface area contributed by atoms with Gasteiger partial charge in [0.05, 0.1) is 5.56 Å². The Morgan fingerprint density at radius 1 is 1.09 bits per heavy atom. The number of phenolic OH excluding ortho intramolecular Hbond substituents is 1. The van der Waals surface area contributed by atoms with Crippen molar-refractivity contribution in [3.8, 4) is 29.0 Å². The Hall–Kier alpha value is -4.13. The lowest BCUT2D eigenvalue weighted by Crippen LogP contribution is -2.07. The summed E-state index contributed by atoms with van der Waals surface area (Å²) in [5, 5.41) is 23.3. The highest BCUT2D eigenvalue weighted by molar-refractivity contribution is 5.60. The van der Waals surface area contributed by atoms with E-state index in [9.17, 15) is 18.3 Å². The number of aromatic amines is 1. The molecule has 2 N–H and O–H groups in total. The van der Waals surface area contributed by atoms with E-state index in [1.165, 1.54) is 12.1 Å². The van der Waals surface area contributed by atoms with Crippen molar-refractivity contribution in [2.75, 3.05) is 0 Å². The number of aromatic nitrogens is 6. The van der Waals surface area contributed by atoms with E-state index in [-0.39, 0.29) is 5.56 Å². The largest absolute Gasteiger partial charge is 0.508 e. The molecule has 0 aliphatic carbocycles. The van der Waals surface area contributed by atoms with Crippen LogP contribution in [0.5, 0.6) is 5.75 Å². The minimum atomic E-state index is -4.63. The molecule has 2 aromatic heterocycles. The molecule has 0 saturated heterocycles. The van der Waals surface area contributed by atoms with Gasteiger partial charge in [0, 0.05) is 35.6 Å². The fourth-order valence-corrected chi connectivity index (χ4v) is 3.44. The summed E-state index contributed by atoms with van der Waals surface area (Å²) in [5.74, 6) is 6.43. The van der Waals surface area contributed by atoms with Crippen LogP contribution in [0.3, 0.4) is 0 Å². The highest BCUT2D eigenvalue weighted by Gasteiger charge is 2.33. The maximum Gasteiger partial charge on any atom is 0.417 e. The number of phenols is 1. The summed E-state index contributed by atoms with van der Waals surface area (Å²) in [6.07, 6.45) is 0.420. The van der Waals surface area contributed by atoms with Crippen LogP contribution in [0.4, 0.5) is 13.2 Å². The smallest absolute Gasteiger partial charge is 0.417 e. The van der Waals surface area contributed by atoms with Gasteiger partial charge in [-0.1, -0.05) is 11.8 Å². The van der Waals surface area contributed by atoms with Crippen molar-refractivity contribution in [1.82, 2.24) is 30.2 Å². The number of H-pyrrole nitrogens is 1. The zero-order valence-electron chi connectivity index (χ0n) is 17.6. The molecule has 2 aromatic carbocycles. The van der Waals surface area contributed by atoms with E-state index < -0.39 is 17.5 Å². The molecular formula is C23H19F3N6O. The van der Waals surface area contributed by atoms with Crippen LogP contribution in [0.1, 0.15) is 34.5 Å². The van der Waals surface area contributed by atoms with Crippen LogP contribution in [0.15, 0.2) is 48.8 Å². The number of hydrogen-bond donors (Lipinski definition) is 2. The van der Waals surface area contributed by atoms with Crippen LogP contribution in [-0.2, 0) is 19.1 Å². The second kappa shape index (κ2) is 9.16. The number of halogens is 3. The molecule has 4 rings (SSSR count). The second-order valence-electron chi connectivity index (χ2n) is 7.37. The average Bonchev–Trinajstić information content (AvgIpc) is 3.45. The molecule has 0 spiro atoms. The first kappa shape index (κ1) is 22.1. The van der Waals surface area contributed by atoms with Gasteiger partial charge < -0.3 is 9.67 Å². The number of alkyl halides is 3. The lowest BCUT2D eigenvalue weighted by atomic mass is 9.99. The van der Waals surface area contributed by atoms with Gasteiger partial charge >= 0.3 is 6.18 Å². The van der Waals surface area contributed by atoms with E-state index in [0.717, 1.165) is 29.9 Å². The van der Waals surface area contributed by atoms with Gasteiger partial charge in [0.25, 0.3) is 0 Å². The first-order valence-electron chi connectivity index (χ1n) is 10.1. The predicted octanol–water partition coefficient (Wildman–Crippen LogP) is 4.13. The van der Waals surface area contributed by atoms with Crippen LogP contribution >= 0.6 is 0 Å². The van der Waals surface area contributed by atoms with Crippen molar-refractivity contribution < 1.29 is 18.3 Å². The molecule has 4 aromatic rings. The van der Waals surface area contributed by atoms with Gasteiger partial charge in [-0.2, -0.15) is 13.2 Å². The van der Waals surface area contributed by atoms with E-state index >= 15 is 0 Å². The molecule has 2 heterocycles. The Morgan fingerprint density at radius 2 is 1.88 bits per heavy atom. The van der Waals surface area contributed by atoms with Crippen molar-refractivity contribution in [1.29, 1.82) is 0 Å². The molecule has 0 amide bonds. The van der Waals surface area contributed by atoms with Gasteiger partial charge in [-0.05, 0) is 72.2 Å². The molecule has 0 bridgehead atoms. The summed E-state index contributed by atoms with van der Waals surface area (Å²) < 4.78 is 42.1. The van der Waals surface area contributed by atoms with Crippen LogP contribution in [-0.4, -0.2) is 35.3 Å². The number of aromatic hydroxyl groups is 1. The zero-order chi connectivity index (χ0) is 23.4. The molecule has 33 heavy (non-hydrogen) atoms. The monoisotopic (exact) mass is 452 g/mol. The normalized spacial score (nSPS) is 11.3. The SMILES string of the molecule is Cc1nccn1CCCc1cc(-c2nnn[nH]2)ccc1C#Cc1ccc(O)cc1C(F)(F)F. The average molecular weight is 452 g/mol. The Labute approximate surface area is 187 Å². The molecule has 0 fully saturated rings. The third kappa shape index (κ3) is 5.20. The molecule has 0 unspecified atom stereocenters. The molecule has 10 heteroatoms. The lowest BCUT2D eigenvalue weighted by Gasteiger charge is -2.10. The topological polar surface area (TPSA) is 92.5 Å². The van der Waals surface area contributed by atoms with Gasteiger partial charge in [-0.3, -0.25) is 0 Å². The maximum absolute atomic E-state index is 13.4. The Kier molecular flexibility index (Phi) is 6.13. The molecule has 0 saturated carbocycles.